The number of likely N-dealkylation sites (N-methyl/N-ethyl adjacent to an activating group) is 1. The minimum Gasteiger partial charge on any atom is -0.462 e. The lowest BCUT2D eigenvalue weighted by Crippen LogP contribution is -2.37. The van der Waals surface area contributed by atoms with Crippen molar-refractivity contribution in [1.29, 1.82) is 0 Å². The number of phosphoric acid groups is 1. The maximum atomic E-state index is 12.8. The fourth-order valence-corrected chi connectivity index (χ4v) is 8.80. The largest absolute Gasteiger partial charge is 0.472 e. The molecule has 4 N–H and O–H groups in total. The average molecular weight is 943 g/mol. The van der Waals surface area contributed by atoms with Crippen LogP contribution in [-0.4, -0.2) is 109 Å². The zero-order valence-corrected chi connectivity index (χ0v) is 42.7. The van der Waals surface area contributed by atoms with Crippen LogP contribution in [0.4, 0.5) is 0 Å². The van der Waals surface area contributed by atoms with E-state index in [1.54, 1.807) is 6.08 Å². The number of unbranched alkanes of at least 4 members (excludes halogenated alkanes) is 20. The SMILES string of the molecule is CCCCCCCC/C=C\CCCCCCCCCCCCCC(=O)O[C@H](COC(=O)CCC/C=C/C[C@@H]1[C@@H](/C=C/[C@@H](O)CCCCC)[C@H](O)C[C@@H]1O)COP(=O)(O)OCC[N+](C)(C)C. The second-order valence-corrected chi connectivity index (χ2v) is 21.0. The van der Waals surface area contributed by atoms with Crippen LogP contribution in [0.3, 0.4) is 0 Å². The van der Waals surface area contributed by atoms with E-state index in [2.05, 4.69) is 26.0 Å². The molecule has 0 heterocycles. The number of aliphatic hydroxyl groups is 3. The Bertz CT molecular complexity index is 1320. The number of quaternary nitrogens is 1. The van der Waals surface area contributed by atoms with E-state index in [1.165, 1.54) is 96.3 Å². The lowest BCUT2D eigenvalue weighted by molar-refractivity contribution is -0.870. The third kappa shape index (κ3) is 35.9. The molecule has 0 aliphatic heterocycles. The first-order valence-electron chi connectivity index (χ1n) is 26.0. The van der Waals surface area contributed by atoms with E-state index in [9.17, 15) is 34.4 Å². The van der Waals surface area contributed by atoms with Crippen molar-refractivity contribution in [3.63, 3.8) is 0 Å². The summed E-state index contributed by atoms with van der Waals surface area (Å²) in [7, 11) is 1.35. The fraction of sp³-hybridized carbons (Fsp3) is 0.846. The number of rotatable bonds is 43. The van der Waals surface area contributed by atoms with Gasteiger partial charge in [-0.1, -0.05) is 159 Å². The van der Waals surface area contributed by atoms with Gasteiger partial charge in [0.05, 0.1) is 46.1 Å². The lowest BCUT2D eigenvalue weighted by Gasteiger charge is -2.24. The Labute approximate surface area is 396 Å². The summed E-state index contributed by atoms with van der Waals surface area (Å²) in [6.07, 6.45) is 38.6. The van der Waals surface area contributed by atoms with Crippen LogP contribution in [-0.2, 0) is 32.7 Å². The number of hydrogen-bond acceptors (Lipinski definition) is 10. The minimum absolute atomic E-state index is 0.00715. The van der Waals surface area contributed by atoms with Gasteiger partial charge in [-0.2, -0.15) is 0 Å². The Morgan fingerprint density at radius 3 is 1.78 bits per heavy atom. The van der Waals surface area contributed by atoms with Crippen LogP contribution in [0.15, 0.2) is 36.5 Å². The van der Waals surface area contributed by atoms with Crippen LogP contribution < -0.4 is 0 Å². The second kappa shape index (κ2) is 39.0. The number of nitrogens with zero attached hydrogens (tertiary/aromatic N) is 1. The molecule has 12 nitrogen and oxygen atoms in total. The van der Waals surface area contributed by atoms with Crippen molar-refractivity contribution in [2.24, 2.45) is 11.8 Å². The van der Waals surface area contributed by atoms with Crippen molar-refractivity contribution >= 4 is 19.8 Å². The predicted molar refractivity (Wildman–Crippen MR) is 263 cm³/mol. The molecule has 0 aromatic heterocycles. The predicted octanol–water partition coefficient (Wildman–Crippen LogP) is 11.6. The summed E-state index contributed by atoms with van der Waals surface area (Å²) in [6, 6.07) is 0. The van der Waals surface area contributed by atoms with Gasteiger partial charge in [0.1, 0.15) is 19.8 Å². The zero-order chi connectivity index (χ0) is 48.0. The van der Waals surface area contributed by atoms with Crippen molar-refractivity contribution < 1.29 is 57.4 Å². The van der Waals surface area contributed by atoms with Gasteiger partial charge in [-0.15, -0.1) is 0 Å². The molecule has 0 amide bonds. The standard InChI is InChI=1S/C52H96NO11P/c1-6-8-10-11-12-13-14-15-16-17-18-19-20-21-22-23-24-25-26-27-33-37-52(58)64-46(44-63-65(59,60)62-41-40-53(3,4)5)43-61-51(57)36-32-29-28-31-35-47-48(50(56)42-49(47)55)39-38-45(54)34-30-9-7-2/h15-16,28,31,38-39,45-50,54-56H,6-14,17-27,29-30,32-37,40-44H2,1-5H3/p+1/b16-15-,31-28+,39-38+/t45-,46+,47+,48+,49-,50+/m0/s1. The number of ether oxygens (including phenoxy) is 2. The monoisotopic (exact) mass is 943 g/mol. The van der Waals surface area contributed by atoms with Crippen molar-refractivity contribution in [2.45, 2.75) is 224 Å². The van der Waals surface area contributed by atoms with Gasteiger partial charge in [-0.25, -0.2) is 4.57 Å². The van der Waals surface area contributed by atoms with Gasteiger partial charge in [0.15, 0.2) is 6.10 Å². The maximum absolute atomic E-state index is 12.8. The van der Waals surface area contributed by atoms with Crippen LogP contribution in [0, 0.1) is 11.8 Å². The zero-order valence-electron chi connectivity index (χ0n) is 41.8. The van der Waals surface area contributed by atoms with Crippen molar-refractivity contribution in [1.82, 2.24) is 0 Å². The maximum Gasteiger partial charge on any atom is 0.472 e. The first kappa shape index (κ1) is 61.1. The van der Waals surface area contributed by atoms with Gasteiger partial charge in [-0.05, 0) is 63.7 Å². The van der Waals surface area contributed by atoms with E-state index in [0.29, 0.717) is 49.6 Å². The molecule has 65 heavy (non-hydrogen) atoms. The molecule has 1 saturated carbocycles. The number of aliphatic hydroxyl groups excluding tert-OH is 3. The minimum atomic E-state index is -4.44. The van der Waals surface area contributed by atoms with E-state index in [4.69, 9.17) is 18.5 Å². The van der Waals surface area contributed by atoms with Crippen molar-refractivity contribution in [3.8, 4) is 0 Å². The van der Waals surface area contributed by atoms with Gasteiger partial charge in [0.25, 0.3) is 0 Å². The average Bonchev–Trinajstić information content (AvgIpc) is 3.52. The molecular formula is C52H97NO11P+. The molecule has 1 aliphatic carbocycles. The molecule has 0 bridgehead atoms. The number of carbonyl (C=O) groups is 2. The first-order valence-corrected chi connectivity index (χ1v) is 27.5. The summed E-state index contributed by atoms with van der Waals surface area (Å²) >= 11 is 0. The third-order valence-electron chi connectivity index (χ3n) is 12.2. The summed E-state index contributed by atoms with van der Waals surface area (Å²) in [5.41, 5.74) is 0. The first-order chi connectivity index (χ1) is 31.2. The number of allylic oxidation sites excluding steroid dienone is 4. The Kier molecular flexibility index (Phi) is 36.7. The molecule has 1 fully saturated rings. The molecular weight excluding hydrogens is 846 g/mol. The quantitative estimate of drug-likeness (QED) is 0.0151. The highest BCUT2D eigenvalue weighted by atomic mass is 31.2. The van der Waals surface area contributed by atoms with Crippen LogP contribution in [0.5, 0.6) is 0 Å². The molecule has 0 aromatic carbocycles. The topological polar surface area (TPSA) is 169 Å². The highest BCUT2D eigenvalue weighted by Crippen LogP contribution is 2.43. The molecule has 1 unspecified atom stereocenters. The van der Waals surface area contributed by atoms with E-state index >= 15 is 0 Å². The van der Waals surface area contributed by atoms with Gasteiger partial charge in [0.2, 0.25) is 0 Å². The lowest BCUT2D eigenvalue weighted by atomic mass is 9.89. The van der Waals surface area contributed by atoms with E-state index in [-0.39, 0.29) is 37.9 Å². The number of esters is 2. The summed E-state index contributed by atoms with van der Waals surface area (Å²) in [5, 5.41) is 31.4. The van der Waals surface area contributed by atoms with Gasteiger partial charge in [0, 0.05) is 25.2 Å². The van der Waals surface area contributed by atoms with Gasteiger partial charge >= 0.3 is 19.8 Å². The van der Waals surface area contributed by atoms with Gasteiger partial charge < -0.3 is 34.2 Å². The summed E-state index contributed by atoms with van der Waals surface area (Å²) in [5.74, 6) is -1.38. The molecule has 380 valence electrons. The normalized spacial score (nSPS) is 20.0. The highest BCUT2D eigenvalue weighted by molar-refractivity contribution is 7.47. The van der Waals surface area contributed by atoms with E-state index < -0.39 is 50.8 Å². The molecule has 7 atom stereocenters. The molecule has 0 radical (unpaired) electrons. The van der Waals surface area contributed by atoms with Crippen LogP contribution in [0.25, 0.3) is 0 Å². The summed E-state index contributed by atoms with van der Waals surface area (Å²) in [4.78, 5) is 35.7. The van der Waals surface area contributed by atoms with Crippen LogP contribution >= 0.6 is 7.82 Å². The van der Waals surface area contributed by atoms with Crippen LogP contribution in [0.1, 0.15) is 200 Å². The smallest absolute Gasteiger partial charge is 0.462 e. The summed E-state index contributed by atoms with van der Waals surface area (Å²) in [6.45, 7) is 4.06. The third-order valence-corrected chi connectivity index (χ3v) is 13.2. The molecule has 0 aromatic rings. The fourth-order valence-electron chi connectivity index (χ4n) is 8.06. The Balaban J connectivity index is 2.39. The van der Waals surface area contributed by atoms with Gasteiger partial charge in [-0.3, -0.25) is 18.6 Å². The van der Waals surface area contributed by atoms with E-state index in [0.717, 1.165) is 38.5 Å². The Hall–Kier alpha value is -1.89. The molecule has 1 rings (SSSR count). The second-order valence-electron chi connectivity index (χ2n) is 19.5. The molecule has 13 heteroatoms. The summed E-state index contributed by atoms with van der Waals surface area (Å²) < 4.78 is 34.4. The van der Waals surface area contributed by atoms with Crippen LogP contribution in [0.2, 0.25) is 0 Å². The number of hydrogen-bond donors (Lipinski definition) is 4. The Morgan fingerprint density at radius 1 is 0.662 bits per heavy atom. The molecule has 1 aliphatic rings. The molecule has 0 spiro atoms. The highest BCUT2D eigenvalue weighted by Gasteiger charge is 2.39. The van der Waals surface area contributed by atoms with E-state index in [1.807, 2.05) is 39.4 Å². The Morgan fingerprint density at radius 2 is 1.18 bits per heavy atom. The molecule has 0 saturated heterocycles. The van der Waals surface area contributed by atoms with Crippen molar-refractivity contribution in [3.05, 3.63) is 36.5 Å². The number of carbonyl (C=O) groups excluding carboxylic acids is 2. The number of phosphoric ester groups is 1. The van der Waals surface area contributed by atoms with Crippen molar-refractivity contribution in [2.75, 3.05) is 47.5 Å².